The van der Waals surface area contributed by atoms with Gasteiger partial charge in [0.15, 0.2) is 23.7 Å². The van der Waals surface area contributed by atoms with Gasteiger partial charge in [0, 0.05) is 17.4 Å². The molecule has 166 valence electrons. The Morgan fingerprint density at radius 2 is 1.58 bits per heavy atom. The van der Waals surface area contributed by atoms with E-state index in [1.807, 2.05) is 0 Å². The maximum atomic E-state index is 14.7. The molecule has 2 nitrogen and oxygen atoms in total. The lowest BCUT2D eigenvalue weighted by molar-refractivity contribution is -0.225. The Labute approximate surface area is 179 Å². The molecule has 0 amide bonds. The predicted octanol–water partition coefficient (Wildman–Crippen LogP) is 6.88. The summed E-state index contributed by atoms with van der Waals surface area (Å²) in [5.74, 6) is -4.09. The molecule has 1 fully saturated rings. The van der Waals surface area contributed by atoms with Crippen molar-refractivity contribution in [2.45, 2.75) is 45.3 Å². The van der Waals surface area contributed by atoms with Crippen LogP contribution in [0.4, 0.5) is 17.6 Å². The number of rotatable bonds is 5. The smallest absolute Gasteiger partial charge is 0.194 e. The number of hydrogen-bond donors (Lipinski definition) is 0. The second-order valence-electron chi connectivity index (χ2n) is 8.40. The molecule has 2 aromatic carbocycles. The van der Waals surface area contributed by atoms with Gasteiger partial charge in [-0.25, -0.2) is 17.6 Å². The zero-order valence-electron chi connectivity index (χ0n) is 17.5. The number of benzene rings is 2. The molecule has 0 saturated carbocycles. The molecule has 2 aliphatic rings. The van der Waals surface area contributed by atoms with Crippen LogP contribution >= 0.6 is 0 Å². The molecule has 1 aliphatic carbocycles. The number of ether oxygens (including phenoxy) is 2. The summed E-state index contributed by atoms with van der Waals surface area (Å²) in [5.41, 5.74) is 1.75. The molecule has 0 bridgehead atoms. The van der Waals surface area contributed by atoms with E-state index in [9.17, 15) is 17.6 Å². The highest BCUT2D eigenvalue weighted by Crippen LogP contribution is 2.36. The third-order valence-corrected chi connectivity index (χ3v) is 6.16. The minimum Gasteiger partial charge on any atom is -0.352 e. The fraction of sp³-hybridized carbons (Fsp3) is 0.440. The van der Waals surface area contributed by atoms with E-state index >= 15 is 0 Å². The second kappa shape index (κ2) is 9.53. The normalized spacial score (nSPS) is 24.2. The third-order valence-electron chi connectivity index (χ3n) is 6.16. The molecular formula is C25H26F4O2. The summed E-state index contributed by atoms with van der Waals surface area (Å²) < 4.78 is 66.8. The van der Waals surface area contributed by atoms with Crippen LogP contribution in [0.25, 0.3) is 16.7 Å². The van der Waals surface area contributed by atoms with Crippen molar-refractivity contribution < 1.29 is 27.0 Å². The number of hydrogen-bond acceptors (Lipinski definition) is 2. The number of halogens is 4. The van der Waals surface area contributed by atoms with E-state index in [0.29, 0.717) is 5.92 Å². The van der Waals surface area contributed by atoms with Crippen molar-refractivity contribution in [3.8, 4) is 11.1 Å². The topological polar surface area (TPSA) is 18.5 Å². The molecule has 1 atom stereocenters. The first kappa shape index (κ1) is 22.0. The fourth-order valence-electron chi connectivity index (χ4n) is 4.43. The highest BCUT2D eigenvalue weighted by molar-refractivity contribution is 5.71. The summed E-state index contributed by atoms with van der Waals surface area (Å²) in [6.45, 7) is 3.64. The van der Waals surface area contributed by atoms with Crippen LogP contribution < -0.4 is 0 Å². The first-order valence-electron chi connectivity index (χ1n) is 10.8. The largest absolute Gasteiger partial charge is 0.352 e. The van der Waals surface area contributed by atoms with Gasteiger partial charge < -0.3 is 9.47 Å². The Kier molecular flexibility index (Phi) is 6.77. The second-order valence-corrected chi connectivity index (χ2v) is 8.40. The summed E-state index contributed by atoms with van der Waals surface area (Å²) >= 11 is 0. The third kappa shape index (κ3) is 4.85. The lowest BCUT2D eigenvalue weighted by atomic mass is 9.85. The van der Waals surface area contributed by atoms with Gasteiger partial charge in [0.2, 0.25) is 0 Å². The molecule has 1 heterocycles. The van der Waals surface area contributed by atoms with Crippen molar-refractivity contribution in [3.05, 3.63) is 65.2 Å². The van der Waals surface area contributed by atoms with Crippen molar-refractivity contribution >= 4 is 5.57 Å². The molecule has 4 rings (SSSR count). The highest BCUT2D eigenvalue weighted by atomic mass is 19.2. The minimum absolute atomic E-state index is 0.0291. The molecule has 1 saturated heterocycles. The zero-order chi connectivity index (χ0) is 22.0. The van der Waals surface area contributed by atoms with Crippen molar-refractivity contribution in [1.82, 2.24) is 0 Å². The molecule has 0 spiro atoms. The first-order valence-corrected chi connectivity index (χ1v) is 10.8. The first-order chi connectivity index (χ1) is 15.0. The molecule has 0 N–H and O–H groups in total. The Balaban J connectivity index is 1.44. The van der Waals surface area contributed by atoms with Gasteiger partial charge in [-0.1, -0.05) is 31.6 Å². The van der Waals surface area contributed by atoms with Gasteiger partial charge in [-0.15, -0.1) is 0 Å². The molecular weight excluding hydrogens is 408 g/mol. The molecule has 1 unspecified atom stereocenters. The Morgan fingerprint density at radius 3 is 2.16 bits per heavy atom. The van der Waals surface area contributed by atoms with E-state index in [-0.39, 0.29) is 23.3 Å². The monoisotopic (exact) mass is 434 g/mol. The summed E-state index contributed by atoms with van der Waals surface area (Å²) in [6.07, 6.45) is 6.57. The van der Waals surface area contributed by atoms with Crippen molar-refractivity contribution in [1.29, 1.82) is 0 Å². The van der Waals surface area contributed by atoms with Crippen LogP contribution in [0.3, 0.4) is 0 Å². The van der Waals surface area contributed by atoms with E-state index in [4.69, 9.17) is 9.47 Å². The summed E-state index contributed by atoms with van der Waals surface area (Å²) in [4.78, 5) is 0. The van der Waals surface area contributed by atoms with Crippen LogP contribution in [-0.2, 0) is 9.47 Å². The van der Waals surface area contributed by atoms with E-state index in [0.717, 1.165) is 68.6 Å². The molecule has 0 radical (unpaired) electrons. The van der Waals surface area contributed by atoms with Crippen LogP contribution in [0.15, 0.2) is 36.4 Å². The van der Waals surface area contributed by atoms with Crippen molar-refractivity contribution in [3.63, 3.8) is 0 Å². The minimum atomic E-state index is -1.56. The molecule has 6 heteroatoms. The van der Waals surface area contributed by atoms with Gasteiger partial charge in [-0.3, -0.25) is 0 Å². The van der Waals surface area contributed by atoms with Crippen LogP contribution in [0, 0.1) is 35.1 Å². The average molecular weight is 434 g/mol. The van der Waals surface area contributed by atoms with Gasteiger partial charge in [0.05, 0.1) is 13.2 Å². The summed E-state index contributed by atoms with van der Waals surface area (Å²) in [7, 11) is 0. The predicted molar refractivity (Wildman–Crippen MR) is 111 cm³/mol. The maximum absolute atomic E-state index is 14.7. The quantitative estimate of drug-likeness (QED) is 0.377. The maximum Gasteiger partial charge on any atom is 0.194 e. The van der Waals surface area contributed by atoms with E-state index in [1.165, 1.54) is 12.1 Å². The van der Waals surface area contributed by atoms with Crippen LogP contribution in [0.5, 0.6) is 0 Å². The van der Waals surface area contributed by atoms with E-state index in [1.54, 1.807) is 6.07 Å². The van der Waals surface area contributed by atoms with E-state index < -0.39 is 23.3 Å². The lowest BCUT2D eigenvalue weighted by Gasteiger charge is -2.35. The fourth-order valence-corrected chi connectivity index (χ4v) is 4.43. The van der Waals surface area contributed by atoms with Gasteiger partial charge in [0.25, 0.3) is 0 Å². The van der Waals surface area contributed by atoms with Gasteiger partial charge in [0.1, 0.15) is 5.82 Å². The van der Waals surface area contributed by atoms with Crippen LogP contribution in [-0.4, -0.2) is 19.5 Å². The van der Waals surface area contributed by atoms with Gasteiger partial charge >= 0.3 is 0 Å². The standard InChI is InChI=1S/C25H26F4O2/c1-2-3-15-13-30-25(31-14-15)17-6-4-16(5-7-17)18-8-9-20(21(26)10-18)19-11-22(27)24(29)23(28)12-19/h4,8-12,15,17,25H,2-3,5-7,13-14H2,1H3. The molecule has 0 aromatic heterocycles. The van der Waals surface area contributed by atoms with Crippen molar-refractivity contribution in [2.75, 3.05) is 13.2 Å². The lowest BCUT2D eigenvalue weighted by Crippen LogP contribution is -2.37. The van der Waals surface area contributed by atoms with Gasteiger partial charge in [-0.05, 0) is 60.6 Å². The number of allylic oxidation sites excluding steroid dienone is 2. The Hall–Kier alpha value is -2.18. The van der Waals surface area contributed by atoms with Gasteiger partial charge in [-0.2, -0.15) is 0 Å². The summed E-state index contributed by atoms with van der Waals surface area (Å²) in [5, 5.41) is 0. The highest BCUT2D eigenvalue weighted by Gasteiger charge is 2.30. The Morgan fingerprint density at radius 1 is 0.903 bits per heavy atom. The molecule has 2 aromatic rings. The van der Waals surface area contributed by atoms with Crippen molar-refractivity contribution in [2.24, 2.45) is 11.8 Å². The molecule has 1 aliphatic heterocycles. The SMILES string of the molecule is CCCC1COC(C2CC=C(c3ccc(-c4cc(F)c(F)c(F)c4)c(F)c3)CC2)OC1. The molecule has 31 heavy (non-hydrogen) atoms. The summed E-state index contributed by atoms with van der Waals surface area (Å²) in [6, 6.07) is 6.17. The Bertz CT molecular complexity index is 941. The average Bonchev–Trinajstić information content (AvgIpc) is 2.78. The van der Waals surface area contributed by atoms with E-state index in [2.05, 4.69) is 13.0 Å². The van der Waals surface area contributed by atoms with Crippen LogP contribution in [0.1, 0.15) is 44.6 Å². The zero-order valence-corrected chi connectivity index (χ0v) is 17.5. The van der Waals surface area contributed by atoms with Crippen LogP contribution in [0.2, 0.25) is 0 Å².